The second-order valence-electron chi connectivity index (χ2n) is 5.52. The Morgan fingerprint density at radius 3 is 3.16 bits per heavy atom. The van der Waals surface area contributed by atoms with Crippen LogP contribution < -0.4 is 5.32 Å². The average molecular weight is 258 g/mol. The third-order valence-electron chi connectivity index (χ3n) is 4.03. The highest BCUT2D eigenvalue weighted by atomic mass is 15.2. The number of hydrogen-bond acceptors (Lipinski definition) is 3. The van der Waals surface area contributed by atoms with Gasteiger partial charge in [-0.05, 0) is 43.9 Å². The van der Waals surface area contributed by atoms with Gasteiger partial charge in [0.1, 0.15) is 11.3 Å². The molecule has 19 heavy (non-hydrogen) atoms. The molecule has 0 spiro atoms. The quantitative estimate of drug-likeness (QED) is 0.920. The van der Waals surface area contributed by atoms with Crippen LogP contribution in [0.3, 0.4) is 0 Å². The van der Waals surface area contributed by atoms with Crippen molar-refractivity contribution >= 4 is 11.2 Å². The minimum absolute atomic E-state index is 0.370. The highest BCUT2D eigenvalue weighted by molar-refractivity contribution is 5.71. The van der Waals surface area contributed by atoms with Gasteiger partial charge in [0.05, 0.1) is 6.04 Å². The minimum Gasteiger partial charge on any atom is -0.311 e. The molecule has 0 aliphatic carbocycles. The van der Waals surface area contributed by atoms with Crippen molar-refractivity contribution in [3.63, 3.8) is 0 Å². The van der Waals surface area contributed by atoms with Gasteiger partial charge in [0, 0.05) is 12.7 Å². The minimum atomic E-state index is 0.370. The lowest BCUT2D eigenvalue weighted by molar-refractivity contribution is 0.288. The second-order valence-corrected chi connectivity index (χ2v) is 5.52. The fourth-order valence-electron chi connectivity index (χ4n) is 3.05. The van der Waals surface area contributed by atoms with Crippen molar-refractivity contribution in [3.05, 3.63) is 24.2 Å². The Labute approximate surface area is 114 Å². The maximum atomic E-state index is 4.84. The van der Waals surface area contributed by atoms with Gasteiger partial charge in [0.25, 0.3) is 0 Å². The van der Waals surface area contributed by atoms with E-state index >= 15 is 0 Å². The molecule has 3 rings (SSSR count). The van der Waals surface area contributed by atoms with Crippen LogP contribution in [0.25, 0.3) is 11.2 Å². The number of fused-ring (bicyclic) bond motifs is 1. The van der Waals surface area contributed by atoms with E-state index in [-0.39, 0.29) is 0 Å². The smallest absolute Gasteiger partial charge is 0.160 e. The van der Waals surface area contributed by atoms with Gasteiger partial charge < -0.3 is 9.88 Å². The number of nitrogens with one attached hydrogen (secondary N) is 1. The molecular weight excluding hydrogens is 236 g/mol. The van der Waals surface area contributed by atoms with Crippen LogP contribution in [-0.2, 0) is 6.54 Å². The first-order valence-corrected chi connectivity index (χ1v) is 7.35. The normalized spacial score (nSPS) is 23.9. The molecule has 1 aliphatic heterocycles. The maximum absolute atomic E-state index is 4.84. The van der Waals surface area contributed by atoms with Crippen molar-refractivity contribution in [3.8, 4) is 0 Å². The van der Waals surface area contributed by atoms with Gasteiger partial charge in [-0.1, -0.05) is 13.8 Å². The number of aryl methyl sites for hydroxylation is 1. The Balaban J connectivity index is 2.08. The monoisotopic (exact) mass is 258 g/mol. The summed E-state index contributed by atoms with van der Waals surface area (Å²) in [5.41, 5.74) is 2.05. The molecule has 4 heteroatoms. The Hall–Kier alpha value is -1.42. The van der Waals surface area contributed by atoms with Gasteiger partial charge in [-0.2, -0.15) is 0 Å². The molecule has 4 nitrogen and oxygen atoms in total. The zero-order valence-electron chi connectivity index (χ0n) is 11.8. The third kappa shape index (κ3) is 2.25. The van der Waals surface area contributed by atoms with Crippen LogP contribution in [0.15, 0.2) is 18.3 Å². The Morgan fingerprint density at radius 1 is 1.47 bits per heavy atom. The summed E-state index contributed by atoms with van der Waals surface area (Å²) in [5.74, 6) is 1.81. The van der Waals surface area contributed by atoms with Gasteiger partial charge in [-0.15, -0.1) is 0 Å². The number of aromatic nitrogens is 3. The average Bonchev–Trinajstić information content (AvgIpc) is 2.79. The zero-order valence-corrected chi connectivity index (χ0v) is 11.8. The van der Waals surface area contributed by atoms with E-state index in [0.29, 0.717) is 12.0 Å². The van der Waals surface area contributed by atoms with E-state index in [2.05, 4.69) is 34.8 Å². The zero-order chi connectivity index (χ0) is 13.2. The van der Waals surface area contributed by atoms with Crippen LogP contribution in [0.4, 0.5) is 0 Å². The first-order chi connectivity index (χ1) is 9.31. The molecule has 0 saturated carbocycles. The summed E-state index contributed by atoms with van der Waals surface area (Å²) in [5, 5.41) is 3.63. The number of piperidine rings is 1. The predicted molar refractivity (Wildman–Crippen MR) is 77.0 cm³/mol. The lowest BCUT2D eigenvalue weighted by Gasteiger charge is -2.30. The van der Waals surface area contributed by atoms with E-state index in [0.717, 1.165) is 30.7 Å². The van der Waals surface area contributed by atoms with E-state index in [1.165, 1.54) is 18.7 Å². The summed E-state index contributed by atoms with van der Waals surface area (Å²) in [7, 11) is 0. The Kier molecular flexibility index (Phi) is 3.51. The second kappa shape index (κ2) is 5.29. The van der Waals surface area contributed by atoms with E-state index < -0.39 is 0 Å². The molecule has 0 radical (unpaired) electrons. The number of nitrogens with zero attached hydrogens (tertiary/aromatic N) is 3. The summed E-state index contributed by atoms with van der Waals surface area (Å²) in [4.78, 5) is 9.36. The lowest BCUT2D eigenvalue weighted by Crippen LogP contribution is -2.34. The van der Waals surface area contributed by atoms with Crippen molar-refractivity contribution in [2.75, 3.05) is 6.54 Å². The standard InChI is InChI=1S/C15H22N4/c1-3-10-19-14-12(7-5-9-17-14)18-15(19)13-11(2)6-4-8-16-13/h5,7,9,11,13,16H,3-4,6,8,10H2,1-2H3. The number of imidazole rings is 1. The summed E-state index contributed by atoms with van der Waals surface area (Å²) in [6, 6.07) is 4.40. The van der Waals surface area contributed by atoms with Crippen LogP contribution in [0.2, 0.25) is 0 Å². The van der Waals surface area contributed by atoms with Gasteiger partial charge >= 0.3 is 0 Å². The molecule has 1 saturated heterocycles. The van der Waals surface area contributed by atoms with Crippen LogP contribution in [0.5, 0.6) is 0 Å². The number of rotatable bonds is 3. The molecule has 0 amide bonds. The van der Waals surface area contributed by atoms with Crippen LogP contribution in [0, 0.1) is 5.92 Å². The third-order valence-corrected chi connectivity index (χ3v) is 4.03. The van der Waals surface area contributed by atoms with Gasteiger partial charge in [0.15, 0.2) is 5.65 Å². The molecule has 2 aromatic rings. The molecule has 2 aromatic heterocycles. The SMILES string of the molecule is CCCn1c(C2NCCCC2C)nc2cccnc21. The number of hydrogen-bond donors (Lipinski definition) is 1. The molecule has 1 N–H and O–H groups in total. The predicted octanol–water partition coefficient (Wildman–Crippen LogP) is 2.90. The summed E-state index contributed by atoms with van der Waals surface area (Å²) in [6.07, 6.45) is 5.51. The fourth-order valence-corrected chi connectivity index (χ4v) is 3.05. The topological polar surface area (TPSA) is 42.7 Å². The number of pyridine rings is 1. The molecule has 102 valence electrons. The molecule has 0 aromatic carbocycles. The molecule has 1 fully saturated rings. The van der Waals surface area contributed by atoms with E-state index in [9.17, 15) is 0 Å². The molecular formula is C15H22N4. The first kappa shape index (κ1) is 12.6. The van der Waals surface area contributed by atoms with Crippen LogP contribution in [-0.4, -0.2) is 21.1 Å². The van der Waals surface area contributed by atoms with Crippen molar-refractivity contribution in [2.24, 2.45) is 5.92 Å². The molecule has 2 atom stereocenters. The van der Waals surface area contributed by atoms with Crippen LogP contribution >= 0.6 is 0 Å². The van der Waals surface area contributed by atoms with Gasteiger partial charge in [-0.3, -0.25) is 0 Å². The van der Waals surface area contributed by atoms with E-state index in [1.807, 2.05) is 12.3 Å². The van der Waals surface area contributed by atoms with Gasteiger partial charge in [0.2, 0.25) is 0 Å². The van der Waals surface area contributed by atoms with E-state index in [4.69, 9.17) is 4.98 Å². The summed E-state index contributed by atoms with van der Waals surface area (Å²) in [6.45, 7) is 6.61. The van der Waals surface area contributed by atoms with E-state index in [1.54, 1.807) is 0 Å². The van der Waals surface area contributed by atoms with Crippen LogP contribution in [0.1, 0.15) is 45.0 Å². The lowest BCUT2D eigenvalue weighted by atomic mass is 9.92. The largest absolute Gasteiger partial charge is 0.311 e. The molecule has 2 unspecified atom stereocenters. The molecule has 1 aliphatic rings. The molecule has 0 bridgehead atoms. The van der Waals surface area contributed by atoms with Crippen molar-refractivity contribution in [1.29, 1.82) is 0 Å². The summed E-state index contributed by atoms with van der Waals surface area (Å²) >= 11 is 0. The van der Waals surface area contributed by atoms with Crippen molar-refractivity contribution in [1.82, 2.24) is 19.9 Å². The van der Waals surface area contributed by atoms with Crippen molar-refractivity contribution < 1.29 is 0 Å². The van der Waals surface area contributed by atoms with Crippen molar-refractivity contribution in [2.45, 2.75) is 45.7 Å². The Bertz CT molecular complexity index is 560. The Morgan fingerprint density at radius 2 is 2.37 bits per heavy atom. The van der Waals surface area contributed by atoms with Gasteiger partial charge in [-0.25, -0.2) is 9.97 Å². The highest BCUT2D eigenvalue weighted by Gasteiger charge is 2.27. The maximum Gasteiger partial charge on any atom is 0.160 e. The first-order valence-electron chi connectivity index (χ1n) is 7.35. The molecule has 3 heterocycles. The highest BCUT2D eigenvalue weighted by Crippen LogP contribution is 2.30. The summed E-state index contributed by atoms with van der Waals surface area (Å²) < 4.78 is 2.30. The fraction of sp³-hybridized carbons (Fsp3) is 0.600.